The topological polar surface area (TPSA) is 140 Å². The summed E-state index contributed by atoms with van der Waals surface area (Å²) in [6.45, 7) is -0.249. The molecular formula is C25H20Cl2N4O5S. The van der Waals surface area contributed by atoms with E-state index in [2.05, 4.69) is 20.9 Å². The maximum atomic E-state index is 12.8. The number of carboxylic acids is 1. The molecule has 0 unspecified atom stereocenters. The molecule has 9 nitrogen and oxygen atoms in total. The van der Waals surface area contributed by atoms with Gasteiger partial charge >= 0.3 is 5.97 Å². The number of aromatic amines is 1. The van der Waals surface area contributed by atoms with Gasteiger partial charge in [0.1, 0.15) is 6.04 Å². The van der Waals surface area contributed by atoms with Crippen molar-refractivity contribution < 1.29 is 24.3 Å². The normalized spacial score (nSPS) is 11.6. The first-order valence-electron chi connectivity index (χ1n) is 10.9. The molecule has 2 aromatic carbocycles. The van der Waals surface area contributed by atoms with E-state index < -0.39 is 23.8 Å². The number of H-pyrrole nitrogens is 1. The molecule has 0 saturated carbocycles. The Morgan fingerprint density at radius 1 is 0.946 bits per heavy atom. The van der Waals surface area contributed by atoms with Crippen LogP contribution >= 0.6 is 34.5 Å². The number of amides is 3. The van der Waals surface area contributed by atoms with Crippen molar-refractivity contribution in [3.8, 4) is 0 Å². The van der Waals surface area contributed by atoms with E-state index >= 15 is 0 Å². The van der Waals surface area contributed by atoms with Crippen LogP contribution in [0.4, 0.5) is 0 Å². The molecule has 37 heavy (non-hydrogen) atoms. The van der Waals surface area contributed by atoms with Crippen molar-refractivity contribution in [2.75, 3.05) is 6.54 Å². The van der Waals surface area contributed by atoms with Crippen molar-refractivity contribution in [1.82, 2.24) is 20.9 Å². The van der Waals surface area contributed by atoms with Gasteiger partial charge < -0.3 is 26.0 Å². The van der Waals surface area contributed by atoms with Crippen molar-refractivity contribution in [3.05, 3.63) is 91.7 Å². The third-order valence-corrected chi connectivity index (χ3v) is 6.88. The summed E-state index contributed by atoms with van der Waals surface area (Å²) in [4.78, 5) is 52.6. The molecule has 1 atom stereocenters. The molecule has 3 amide bonds. The summed E-state index contributed by atoms with van der Waals surface area (Å²) in [6, 6.07) is 12.0. The van der Waals surface area contributed by atoms with Crippen LogP contribution in [0.2, 0.25) is 10.0 Å². The smallest absolute Gasteiger partial charge is 0.328 e. The quantitative estimate of drug-likeness (QED) is 0.210. The van der Waals surface area contributed by atoms with E-state index in [0.29, 0.717) is 16.0 Å². The summed E-state index contributed by atoms with van der Waals surface area (Å²) in [5.74, 6) is -2.92. The number of aliphatic carboxylic acids is 1. The third-order valence-electron chi connectivity index (χ3n) is 5.41. The monoisotopic (exact) mass is 558 g/mol. The van der Waals surface area contributed by atoms with Crippen LogP contribution < -0.4 is 16.0 Å². The van der Waals surface area contributed by atoms with Gasteiger partial charge in [0.15, 0.2) is 0 Å². The third kappa shape index (κ3) is 6.29. The summed E-state index contributed by atoms with van der Waals surface area (Å²) in [5.41, 5.74) is 1.72. The number of carbonyl (C=O) groups excluding carboxylic acids is 3. The van der Waals surface area contributed by atoms with E-state index in [4.69, 9.17) is 23.2 Å². The number of hydrogen-bond acceptors (Lipinski definition) is 5. The second-order valence-electron chi connectivity index (χ2n) is 7.95. The van der Waals surface area contributed by atoms with Gasteiger partial charge in [-0.15, -0.1) is 11.3 Å². The minimum Gasteiger partial charge on any atom is -0.480 e. The molecule has 5 N–H and O–H groups in total. The van der Waals surface area contributed by atoms with Crippen molar-refractivity contribution in [1.29, 1.82) is 0 Å². The fraction of sp³-hybridized carbons (Fsp3) is 0.120. The lowest BCUT2D eigenvalue weighted by atomic mass is 10.1. The first-order valence-corrected chi connectivity index (χ1v) is 12.5. The molecule has 2 aromatic heterocycles. The van der Waals surface area contributed by atoms with Crippen molar-refractivity contribution in [2.45, 2.75) is 12.6 Å². The van der Waals surface area contributed by atoms with Crippen molar-refractivity contribution in [2.24, 2.45) is 0 Å². The molecule has 0 fully saturated rings. The predicted octanol–water partition coefficient (Wildman–Crippen LogP) is 4.08. The number of fused-ring (bicyclic) bond motifs is 1. The van der Waals surface area contributed by atoms with Crippen molar-refractivity contribution >= 4 is 69.1 Å². The Labute approximate surface area is 224 Å². The highest BCUT2D eigenvalue weighted by molar-refractivity contribution is 7.12. The zero-order valence-corrected chi connectivity index (χ0v) is 21.3. The Balaban J connectivity index is 1.39. The molecule has 12 heteroatoms. The molecule has 0 radical (unpaired) electrons. The van der Waals surface area contributed by atoms with Crippen LogP contribution in [0.1, 0.15) is 36.0 Å². The molecule has 0 aliphatic rings. The summed E-state index contributed by atoms with van der Waals surface area (Å²) < 4.78 is 0. The van der Waals surface area contributed by atoms with Crippen molar-refractivity contribution in [3.63, 3.8) is 0 Å². The predicted molar refractivity (Wildman–Crippen MR) is 141 cm³/mol. The van der Waals surface area contributed by atoms with Crippen LogP contribution in [0.15, 0.2) is 60.1 Å². The van der Waals surface area contributed by atoms with Crippen LogP contribution in [-0.4, -0.2) is 46.4 Å². The number of benzene rings is 2. The molecule has 0 aliphatic heterocycles. The van der Waals surface area contributed by atoms with Gasteiger partial charge in [0.2, 0.25) is 0 Å². The first-order chi connectivity index (χ1) is 17.7. The molecule has 4 rings (SSSR count). The van der Waals surface area contributed by atoms with Crippen LogP contribution in [0.3, 0.4) is 0 Å². The lowest BCUT2D eigenvalue weighted by Gasteiger charge is -2.17. The van der Waals surface area contributed by atoms with Gasteiger partial charge in [0, 0.05) is 30.4 Å². The number of carbonyl (C=O) groups is 4. The summed E-state index contributed by atoms with van der Waals surface area (Å²) in [7, 11) is 0. The van der Waals surface area contributed by atoms with Gasteiger partial charge in [0.05, 0.1) is 20.5 Å². The Hall–Kier alpha value is -3.86. The number of aromatic nitrogens is 1. The number of halogens is 2. The highest BCUT2D eigenvalue weighted by atomic mass is 35.5. The van der Waals surface area contributed by atoms with Gasteiger partial charge in [-0.25, -0.2) is 4.79 Å². The lowest BCUT2D eigenvalue weighted by Crippen LogP contribution is -2.48. The zero-order valence-electron chi connectivity index (χ0n) is 19.0. The van der Waals surface area contributed by atoms with Crippen LogP contribution in [0.5, 0.6) is 0 Å². The van der Waals surface area contributed by atoms with E-state index in [9.17, 15) is 24.3 Å². The second kappa shape index (κ2) is 11.5. The molecule has 0 spiro atoms. The van der Waals surface area contributed by atoms with E-state index in [1.54, 1.807) is 35.8 Å². The number of hydrogen-bond donors (Lipinski definition) is 5. The average Bonchev–Trinajstić information content (AvgIpc) is 3.56. The van der Waals surface area contributed by atoms with Gasteiger partial charge in [-0.2, -0.15) is 0 Å². The van der Waals surface area contributed by atoms with Crippen LogP contribution in [0.25, 0.3) is 10.9 Å². The molecule has 0 saturated heterocycles. The maximum absolute atomic E-state index is 12.8. The summed E-state index contributed by atoms with van der Waals surface area (Å²) in [5, 5.41) is 19.7. The molecule has 4 aromatic rings. The molecule has 2 heterocycles. The Morgan fingerprint density at radius 3 is 2.38 bits per heavy atom. The minimum absolute atomic E-state index is 0.0196. The minimum atomic E-state index is -1.42. The zero-order chi connectivity index (χ0) is 26.5. The maximum Gasteiger partial charge on any atom is 0.328 e. The van der Waals surface area contributed by atoms with E-state index in [1.807, 2.05) is 12.1 Å². The highest BCUT2D eigenvalue weighted by Crippen LogP contribution is 2.27. The van der Waals surface area contributed by atoms with Crippen LogP contribution in [0, 0.1) is 0 Å². The number of rotatable bonds is 9. The summed E-state index contributed by atoms with van der Waals surface area (Å²) in [6.07, 6.45) is 1.79. The Bertz CT molecular complexity index is 1460. The molecule has 0 bridgehead atoms. The molecule has 190 valence electrons. The number of carboxylic acid groups (broad SMARTS) is 1. The number of thiophene rings is 1. The number of nitrogens with one attached hydrogen (secondary N) is 4. The molecular weight excluding hydrogens is 539 g/mol. The Morgan fingerprint density at radius 2 is 1.70 bits per heavy atom. The first kappa shape index (κ1) is 26.2. The van der Waals surface area contributed by atoms with Gasteiger partial charge in [-0.05, 0) is 52.7 Å². The largest absolute Gasteiger partial charge is 0.480 e. The van der Waals surface area contributed by atoms with Gasteiger partial charge in [-0.3, -0.25) is 14.4 Å². The standard InChI is InChI=1S/C25H20Cl2N4O5S/c26-16-8-13(11-29-22(32)15-4-3-14-5-6-28-18(14)10-15)9-17(27)21(16)24(34)31-19(25(35)36)12-30-23(33)20-2-1-7-37-20/h1-10,19,28H,11-12H2,(H,29,32)(H,30,33)(H,31,34)(H,35,36)/t19-/m0/s1. The SMILES string of the molecule is O=C(NCc1cc(Cl)c(C(=O)N[C@@H](CNC(=O)c2cccs2)C(=O)O)c(Cl)c1)c1ccc2cc[nH]c2c1. The molecule has 0 aliphatic carbocycles. The fourth-order valence-corrected chi connectivity index (χ4v) is 4.88. The Kier molecular flexibility index (Phi) is 8.12. The second-order valence-corrected chi connectivity index (χ2v) is 9.71. The fourth-order valence-electron chi connectivity index (χ4n) is 3.54. The highest BCUT2D eigenvalue weighted by Gasteiger charge is 2.25. The van der Waals surface area contributed by atoms with E-state index in [1.165, 1.54) is 23.5 Å². The van der Waals surface area contributed by atoms with Gasteiger partial charge in [-0.1, -0.05) is 35.3 Å². The van der Waals surface area contributed by atoms with E-state index in [-0.39, 0.29) is 34.6 Å². The summed E-state index contributed by atoms with van der Waals surface area (Å²) >= 11 is 13.8. The van der Waals surface area contributed by atoms with Crippen LogP contribution in [-0.2, 0) is 11.3 Å². The van der Waals surface area contributed by atoms with Gasteiger partial charge in [0.25, 0.3) is 17.7 Å². The van der Waals surface area contributed by atoms with E-state index in [0.717, 1.165) is 10.9 Å². The lowest BCUT2D eigenvalue weighted by molar-refractivity contribution is -0.139. The average molecular weight is 559 g/mol.